The van der Waals surface area contributed by atoms with E-state index >= 15 is 0 Å². The molecular weight excluding hydrogens is 316 g/mol. The largest absolute Gasteiger partial charge is 0.303 e. The number of halogens is 1. The molecule has 0 spiro atoms. The summed E-state index contributed by atoms with van der Waals surface area (Å²) in [6.07, 6.45) is 0. The molecule has 0 aromatic heterocycles. The van der Waals surface area contributed by atoms with Crippen LogP contribution >= 0.6 is 15.9 Å². The molecule has 106 valence electrons. The third-order valence-corrected chi connectivity index (χ3v) is 3.53. The molecule has 0 bridgehead atoms. The Balaban J connectivity index is 1.92. The standard InChI is InChI=1S/C15H19BrN4/c1-11(2)12-3-7-14(8-4-12)18-19-20(17)15-9-5-13(16)6-10-15/h3-11,18-19H,17H2,1-2H3. The van der Waals surface area contributed by atoms with Crippen LogP contribution in [0.1, 0.15) is 25.3 Å². The molecule has 2 rings (SSSR count). The van der Waals surface area contributed by atoms with Crippen LogP contribution < -0.4 is 21.9 Å². The van der Waals surface area contributed by atoms with E-state index in [0.29, 0.717) is 5.92 Å². The van der Waals surface area contributed by atoms with E-state index in [2.05, 4.69) is 52.9 Å². The molecule has 4 nitrogen and oxygen atoms in total. The van der Waals surface area contributed by atoms with E-state index in [-0.39, 0.29) is 0 Å². The Bertz CT molecular complexity index is 537. The van der Waals surface area contributed by atoms with Gasteiger partial charge in [-0.3, -0.25) is 0 Å². The highest BCUT2D eigenvalue weighted by molar-refractivity contribution is 9.10. The van der Waals surface area contributed by atoms with Gasteiger partial charge in [-0.15, -0.1) is 5.53 Å². The number of nitrogens with zero attached hydrogens (tertiary/aromatic N) is 1. The molecule has 0 fully saturated rings. The first-order valence-corrected chi connectivity index (χ1v) is 7.27. The van der Waals surface area contributed by atoms with Gasteiger partial charge in [0.2, 0.25) is 0 Å². The highest BCUT2D eigenvalue weighted by atomic mass is 79.9. The van der Waals surface area contributed by atoms with Crippen molar-refractivity contribution in [2.75, 3.05) is 10.5 Å². The van der Waals surface area contributed by atoms with Crippen LogP contribution in [-0.4, -0.2) is 0 Å². The number of hydrogen-bond acceptors (Lipinski definition) is 4. The summed E-state index contributed by atoms with van der Waals surface area (Å²) in [4.78, 5) is 0. The summed E-state index contributed by atoms with van der Waals surface area (Å²) in [5.74, 6) is 6.45. The third-order valence-electron chi connectivity index (χ3n) is 3.00. The molecule has 20 heavy (non-hydrogen) atoms. The van der Waals surface area contributed by atoms with Gasteiger partial charge < -0.3 is 5.43 Å². The Hall–Kier alpha value is -1.56. The molecule has 2 aromatic carbocycles. The summed E-state index contributed by atoms with van der Waals surface area (Å²) in [5.41, 5.74) is 9.13. The maximum Gasteiger partial charge on any atom is 0.0719 e. The van der Waals surface area contributed by atoms with Crippen LogP contribution in [0.15, 0.2) is 53.0 Å². The minimum absolute atomic E-state index is 0.533. The predicted molar refractivity (Wildman–Crippen MR) is 88.1 cm³/mol. The molecule has 0 aliphatic heterocycles. The zero-order chi connectivity index (χ0) is 14.5. The molecule has 0 heterocycles. The van der Waals surface area contributed by atoms with E-state index in [1.807, 2.05) is 36.4 Å². The maximum atomic E-state index is 5.92. The molecule has 0 amide bonds. The second kappa shape index (κ2) is 6.74. The van der Waals surface area contributed by atoms with Gasteiger partial charge in [-0.1, -0.05) is 41.9 Å². The minimum Gasteiger partial charge on any atom is -0.303 e. The lowest BCUT2D eigenvalue weighted by molar-refractivity contribution is 0.726. The van der Waals surface area contributed by atoms with Crippen molar-refractivity contribution in [2.45, 2.75) is 19.8 Å². The zero-order valence-corrected chi connectivity index (χ0v) is 13.2. The fourth-order valence-corrected chi connectivity index (χ4v) is 2.01. The zero-order valence-electron chi connectivity index (χ0n) is 11.6. The predicted octanol–water partition coefficient (Wildman–Crippen LogP) is 3.78. The molecule has 0 unspecified atom stereocenters. The molecule has 5 heteroatoms. The average Bonchev–Trinajstić information content (AvgIpc) is 2.46. The number of nitrogens with two attached hydrogens (primary N) is 1. The molecule has 0 radical (unpaired) electrons. The van der Waals surface area contributed by atoms with Crippen molar-refractivity contribution in [1.82, 2.24) is 5.53 Å². The lowest BCUT2D eigenvalue weighted by atomic mass is 10.0. The highest BCUT2D eigenvalue weighted by Gasteiger charge is 2.01. The van der Waals surface area contributed by atoms with E-state index in [9.17, 15) is 0 Å². The molecule has 0 saturated heterocycles. The first-order chi connectivity index (χ1) is 9.56. The maximum absolute atomic E-state index is 5.92. The number of benzene rings is 2. The van der Waals surface area contributed by atoms with Crippen LogP contribution in [0, 0.1) is 0 Å². The van der Waals surface area contributed by atoms with Gasteiger partial charge in [-0.25, -0.2) is 11.0 Å². The Morgan fingerprint density at radius 3 is 2.15 bits per heavy atom. The van der Waals surface area contributed by atoms with Gasteiger partial charge in [-0.2, -0.15) is 0 Å². The van der Waals surface area contributed by atoms with Crippen molar-refractivity contribution in [3.8, 4) is 0 Å². The van der Waals surface area contributed by atoms with Gasteiger partial charge in [-0.05, 0) is 47.9 Å². The molecule has 2 aromatic rings. The number of anilines is 2. The van der Waals surface area contributed by atoms with E-state index in [1.165, 1.54) is 10.7 Å². The van der Waals surface area contributed by atoms with E-state index < -0.39 is 0 Å². The smallest absolute Gasteiger partial charge is 0.0719 e. The monoisotopic (exact) mass is 334 g/mol. The lowest BCUT2D eigenvalue weighted by Gasteiger charge is -2.21. The fourth-order valence-electron chi connectivity index (χ4n) is 1.74. The first-order valence-electron chi connectivity index (χ1n) is 6.48. The fraction of sp³-hybridized carbons (Fsp3) is 0.200. The van der Waals surface area contributed by atoms with Gasteiger partial charge >= 0.3 is 0 Å². The lowest BCUT2D eigenvalue weighted by Crippen LogP contribution is -2.47. The summed E-state index contributed by atoms with van der Waals surface area (Å²) in [5, 5.41) is 1.43. The normalized spacial score (nSPS) is 10.7. The van der Waals surface area contributed by atoms with E-state index in [4.69, 9.17) is 5.84 Å². The Morgan fingerprint density at radius 1 is 1.00 bits per heavy atom. The molecular formula is C15H19BrN4. The number of hydrogen-bond donors (Lipinski definition) is 3. The topological polar surface area (TPSA) is 53.3 Å². The van der Waals surface area contributed by atoms with Crippen molar-refractivity contribution < 1.29 is 0 Å². The Morgan fingerprint density at radius 2 is 1.60 bits per heavy atom. The van der Waals surface area contributed by atoms with Crippen LogP contribution in [-0.2, 0) is 0 Å². The second-order valence-corrected chi connectivity index (χ2v) is 5.78. The van der Waals surface area contributed by atoms with E-state index in [0.717, 1.165) is 15.8 Å². The number of rotatable bonds is 5. The van der Waals surface area contributed by atoms with Gasteiger partial charge in [0.15, 0.2) is 0 Å². The molecule has 4 N–H and O–H groups in total. The SMILES string of the molecule is CC(C)c1ccc(NNN(N)c2ccc(Br)cc2)cc1. The van der Waals surface area contributed by atoms with Crippen LogP contribution in [0.4, 0.5) is 11.4 Å². The van der Waals surface area contributed by atoms with Gasteiger partial charge in [0.05, 0.1) is 11.4 Å². The van der Waals surface area contributed by atoms with Crippen LogP contribution in [0.5, 0.6) is 0 Å². The first kappa shape index (κ1) is 14.8. The van der Waals surface area contributed by atoms with Crippen LogP contribution in [0.2, 0.25) is 0 Å². The molecule has 0 aliphatic carbocycles. The van der Waals surface area contributed by atoms with Gasteiger partial charge in [0.1, 0.15) is 0 Å². The van der Waals surface area contributed by atoms with E-state index in [1.54, 1.807) is 0 Å². The summed E-state index contributed by atoms with van der Waals surface area (Å²) in [6.45, 7) is 4.35. The van der Waals surface area contributed by atoms with Crippen molar-refractivity contribution in [3.63, 3.8) is 0 Å². The average molecular weight is 335 g/mol. The molecule has 0 aliphatic rings. The van der Waals surface area contributed by atoms with Crippen LogP contribution in [0.25, 0.3) is 0 Å². The second-order valence-electron chi connectivity index (χ2n) is 4.86. The van der Waals surface area contributed by atoms with Crippen molar-refractivity contribution in [3.05, 3.63) is 58.6 Å². The van der Waals surface area contributed by atoms with Crippen molar-refractivity contribution in [1.29, 1.82) is 0 Å². The molecule has 0 saturated carbocycles. The Labute approximate surface area is 128 Å². The number of nitrogens with one attached hydrogen (secondary N) is 2. The third kappa shape index (κ3) is 3.96. The van der Waals surface area contributed by atoms with Gasteiger partial charge in [0, 0.05) is 4.47 Å². The summed E-state index contributed by atoms with van der Waals surface area (Å²) >= 11 is 3.39. The quantitative estimate of drug-likeness (QED) is 0.575. The summed E-state index contributed by atoms with van der Waals surface area (Å²) in [6, 6.07) is 16.0. The Kier molecular flexibility index (Phi) is 5.00. The summed E-state index contributed by atoms with van der Waals surface area (Å²) < 4.78 is 1.02. The minimum atomic E-state index is 0.533. The van der Waals surface area contributed by atoms with Gasteiger partial charge in [0.25, 0.3) is 0 Å². The molecule has 0 atom stereocenters. The van der Waals surface area contributed by atoms with Crippen molar-refractivity contribution in [2.24, 2.45) is 5.84 Å². The summed E-state index contributed by atoms with van der Waals surface area (Å²) in [7, 11) is 0. The van der Waals surface area contributed by atoms with Crippen LogP contribution in [0.3, 0.4) is 0 Å². The van der Waals surface area contributed by atoms with Crippen molar-refractivity contribution >= 4 is 27.3 Å². The highest BCUT2D eigenvalue weighted by Crippen LogP contribution is 2.17. The number of hydrazine groups is 3.